The molecule has 1 aliphatic heterocycles. The third kappa shape index (κ3) is 4.49. The number of hydrogen-bond donors (Lipinski definition) is 2. The smallest absolute Gasteiger partial charge is 0.250 e. The van der Waals surface area contributed by atoms with Crippen molar-refractivity contribution < 1.29 is 27.1 Å². The summed E-state index contributed by atoms with van der Waals surface area (Å²) in [5.74, 6) is -2.70. The molecule has 4 rings (SSSR count). The first-order valence-corrected chi connectivity index (χ1v) is 11.8. The first-order valence-electron chi connectivity index (χ1n) is 9.81. The van der Waals surface area contributed by atoms with Crippen molar-refractivity contribution in [2.45, 2.75) is 36.9 Å². The zero-order chi connectivity index (χ0) is 24.1. The van der Waals surface area contributed by atoms with Crippen molar-refractivity contribution >= 4 is 33.0 Å². The van der Waals surface area contributed by atoms with E-state index in [9.17, 15) is 18.3 Å². The van der Waals surface area contributed by atoms with Crippen LogP contribution in [0.25, 0.3) is 11.5 Å². The van der Waals surface area contributed by atoms with Crippen LogP contribution in [0.2, 0.25) is 5.02 Å². The zero-order valence-electron chi connectivity index (χ0n) is 17.6. The minimum Gasteiger partial charge on any atom is -0.417 e. The van der Waals surface area contributed by atoms with E-state index < -0.39 is 39.0 Å². The quantitative estimate of drug-likeness (QED) is 0.563. The minimum absolute atomic E-state index is 0.0317. The second-order valence-corrected chi connectivity index (χ2v) is 10.6. The molecule has 0 saturated carbocycles. The SMILES string of the molecule is CC(C)(O)c1nnc(-c2cc3c(cc2F)S(=O)(=O)C[C@H](N)C(=O)N3Cc2ccc(Cl)cc2)o1. The minimum atomic E-state index is -4.09. The summed E-state index contributed by atoms with van der Waals surface area (Å²) in [6.45, 7) is 2.80. The van der Waals surface area contributed by atoms with Gasteiger partial charge >= 0.3 is 0 Å². The molecule has 1 aliphatic rings. The number of benzene rings is 2. The van der Waals surface area contributed by atoms with Gasteiger partial charge in [0.05, 0.1) is 34.5 Å². The lowest BCUT2D eigenvalue weighted by atomic mass is 10.1. The second kappa shape index (κ2) is 8.17. The fraction of sp³-hybridized carbons (Fsp3) is 0.286. The number of fused-ring (bicyclic) bond motifs is 1. The molecule has 33 heavy (non-hydrogen) atoms. The lowest BCUT2D eigenvalue weighted by Crippen LogP contribution is -2.45. The molecule has 0 radical (unpaired) electrons. The van der Waals surface area contributed by atoms with E-state index >= 15 is 4.39 Å². The van der Waals surface area contributed by atoms with E-state index in [2.05, 4.69) is 10.2 Å². The Balaban J connectivity index is 1.89. The van der Waals surface area contributed by atoms with E-state index in [1.165, 1.54) is 18.7 Å². The largest absolute Gasteiger partial charge is 0.417 e. The summed E-state index contributed by atoms with van der Waals surface area (Å²) >= 11 is 5.93. The highest BCUT2D eigenvalue weighted by atomic mass is 35.5. The molecule has 2 aromatic carbocycles. The predicted molar refractivity (Wildman–Crippen MR) is 118 cm³/mol. The van der Waals surface area contributed by atoms with E-state index in [-0.39, 0.29) is 34.5 Å². The molecule has 0 spiro atoms. The summed E-state index contributed by atoms with van der Waals surface area (Å²) in [4.78, 5) is 13.9. The summed E-state index contributed by atoms with van der Waals surface area (Å²) in [7, 11) is -4.09. The number of halogens is 2. The van der Waals surface area contributed by atoms with Gasteiger partial charge in [-0.15, -0.1) is 10.2 Å². The lowest BCUT2D eigenvalue weighted by Gasteiger charge is -2.24. The summed E-state index contributed by atoms with van der Waals surface area (Å²) in [6.07, 6.45) is 0. The number of carbonyl (C=O) groups is 1. The molecule has 0 aliphatic carbocycles. The summed E-state index contributed by atoms with van der Waals surface area (Å²) in [6, 6.07) is 7.25. The number of aromatic nitrogens is 2. The van der Waals surface area contributed by atoms with E-state index in [1.54, 1.807) is 24.3 Å². The van der Waals surface area contributed by atoms with Crippen LogP contribution in [-0.4, -0.2) is 41.4 Å². The van der Waals surface area contributed by atoms with Crippen LogP contribution < -0.4 is 10.6 Å². The second-order valence-electron chi connectivity index (χ2n) is 8.21. The molecule has 3 N–H and O–H groups in total. The summed E-state index contributed by atoms with van der Waals surface area (Å²) in [5, 5.41) is 18.0. The van der Waals surface area contributed by atoms with Crippen LogP contribution >= 0.6 is 11.6 Å². The highest BCUT2D eigenvalue weighted by molar-refractivity contribution is 7.91. The molecular weight excluding hydrogens is 475 g/mol. The van der Waals surface area contributed by atoms with Crippen molar-refractivity contribution in [3.05, 3.63) is 58.7 Å². The molecule has 0 fully saturated rings. The van der Waals surface area contributed by atoms with Crippen LogP contribution in [0.15, 0.2) is 45.7 Å². The van der Waals surface area contributed by atoms with Crippen molar-refractivity contribution in [1.29, 1.82) is 0 Å². The summed E-state index contributed by atoms with van der Waals surface area (Å²) in [5.41, 5.74) is 4.77. The third-order valence-electron chi connectivity index (χ3n) is 5.09. The normalized spacial score (nSPS) is 18.2. The molecule has 1 amide bonds. The van der Waals surface area contributed by atoms with Gasteiger partial charge < -0.3 is 20.2 Å². The van der Waals surface area contributed by atoms with Crippen LogP contribution in [0, 0.1) is 5.82 Å². The summed E-state index contributed by atoms with van der Waals surface area (Å²) < 4.78 is 46.2. The first kappa shape index (κ1) is 23.3. The molecule has 2 heterocycles. The van der Waals surface area contributed by atoms with Crippen molar-refractivity contribution in [2.75, 3.05) is 10.7 Å². The van der Waals surface area contributed by atoms with Gasteiger partial charge in [-0.25, -0.2) is 12.8 Å². The molecule has 1 aromatic heterocycles. The number of carbonyl (C=O) groups excluding carboxylic acids is 1. The van der Waals surface area contributed by atoms with Crippen LogP contribution in [0.5, 0.6) is 0 Å². The monoisotopic (exact) mass is 494 g/mol. The molecule has 12 heteroatoms. The fourth-order valence-corrected chi connectivity index (χ4v) is 5.09. The zero-order valence-corrected chi connectivity index (χ0v) is 19.2. The van der Waals surface area contributed by atoms with Gasteiger partial charge in [0.25, 0.3) is 5.89 Å². The maximum absolute atomic E-state index is 15.0. The number of nitrogens with two attached hydrogens (primary N) is 1. The number of sulfone groups is 1. The Labute approximate surface area is 193 Å². The van der Waals surface area contributed by atoms with Crippen molar-refractivity contribution in [3.8, 4) is 11.5 Å². The van der Waals surface area contributed by atoms with Gasteiger partial charge in [-0.3, -0.25) is 4.79 Å². The number of amides is 1. The number of anilines is 1. The molecule has 0 unspecified atom stereocenters. The lowest BCUT2D eigenvalue weighted by molar-refractivity contribution is -0.119. The predicted octanol–water partition coefficient (Wildman–Crippen LogP) is 2.40. The number of aliphatic hydroxyl groups is 1. The van der Waals surface area contributed by atoms with Gasteiger partial charge in [-0.2, -0.15) is 0 Å². The Morgan fingerprint density at radius 3 is 2.55 bits per heavy atom. The maximum Gasteiger partial charge on any atom is 0.250 e. The van der Waals surface area contributed by atoms with Gasteiger partial charge in [0.1, 0.15) is 11.4 Å². The van der Waals surface area contributed by atoms with Crippen LogP contribution in [-0.2, 0) is 26.8 Å². The molecule has 9 nitrogen and oxygen atoms in total. The van der Waals surface area contributed by atoms with Gasteiger partial charge in [-0.1, -0.05) is 23.7 Å². The molecular formula is C21H20ClFN4O5S. The molecule has 3 aromatic rings. The highest BCUT2D eigenvalue weighted by Crippen LogP contribution is 2.37. The van der Waals surface area contributed by atoms with E-state index in [0.29, 0.717) is 10.6 Å². The van der Waals surface area contributed by atoms with E-state index in [4.69, 9.17) is 21.8 Å². The van der Waals surface area contributed by atoms with E-state index in [1.807, 2.05) is 0 Å². The average molecular weight is 495 g/mol. The standard InChI is InChI=1S/C21H20ClFN4O5S/c1-21(2,29)20-26-25-18(32-20)13-7-16-17(8-14(13)23)33(30,31)10-15(24)19(28)27(16)9-11-3-5-12(22)6-4-11/h3-8,15,29H,9-10,24H2,1-2H3/t15-/m0/s1. The van der Waals surface area contributed by atoms with Crippen molar-refractivity contribution in [2.24, 2.45) is 5.73 Å². The maximum atomic E-state index is 15.0. The highest BCUT2D eigenvalue weighted by Gasteiger charge is 2.37. The van der Waals surface area contributed by atoms with E-state index in [0.717, 1.165) is 12.1 Å². The Morgan fingerprint density at radius 2 is 1.94 bits per heavy atom. The molecule has 174 valence electrons. The van der Waals surface area contributed by atoms with Crippen LogP contribution in [0.1, 0.15) is 25.3 Å². The fourth-order valence-electron chi connectivity index (χ4n) is 3.40. The van der Waals surface area contributed by atoms with Crippen molar-refractivity contribution in [3.63, 3.8) is 0 Å². The molecule has 1 atom stereocenters. The van der Waals surface area contributed by atoms with Crippen LogP contribution in [0.3, 0.4) is 0 Å². The first-order chi connectivity index (χ1) is 15.4. The number of nitrogens with zero attached hydrogens (tertiary/aromatic N) is 3. The van der Waals surface area contributed by atoms with Gasteiger partial charge in [0.15, 0.2) is 9.84 Å². The van der Waals surface area contributed by atoms with Gasteiger partial charge in [0.2, 0.25) is 11.8 Å². The Kier molecular flexibility index (Phi) is 5.77. The Bertz CT molecular complexity index is 1340. The average Bonchev–Trinajstić information content (AvgIpc) is 3.21. The van der Waals surface area contributed by atoms with Gasteiger partial charge in [0, 0.05) is 5.02 Å². The third-order valence-corrected chi connectivity index (χ3v) is 7.14. The topological polar surface area (TPSA) is 140 Å². The van der Waals surface area contributed by atoms with Gasteiger partial charge in [-0.05, 0) is 43.7 Å². The number of hydrogen-bond acceptors (Lipinski definition) is 8. The molecule has 0 bridgehead atoms. The Hall–Kier alpha value is -2.86. The number of rotatable bonds is 4. The van der Waals surface area contributed by atoms with Crippen LogP contribution in [0.4, 0.5) is 10.1 Å². The van der Waals surface area contributed by atoms with Crippen molar-refractivity contribution in [1.82, 2.24) is 10.2 Å². The Morgan fingerprint density at radius 1 is 1.27 bits per heavy atom. The molecule has 0 saturated heterocycles.